The van der Waals surface area contributed by atoms with Gasteiger partial charge in [0.2, 0.25) is 0 Å². The van der Waals surface area contributed by atoms with Crippen molar-refractivity contribution in [3.8, 4) is 0 Å². The van der Waals surface area contributed by atoms with Crippen molar-refractivity contribution < 1.29 is 0 Å². The number of nitrogens with zero attached hydrogens (tertiary/aromatic N) is 1. The van der Waals surface area contributed by atoms with Crippen LogP contribution in [-0.2, 0) is 5.41 Å². The first-order valence-electron chi connectivity index (χ1n) is 5.50. The third kappa shape index (κ3) is 2.21. The Morgan fingerprint density at radius 2 is 2.00 bits per heavy atom. The molecule has 0 saturated carbocycles. The highest BCUT2D eigenvalue weighted by molar-refractivity contribution is 6.35. The Hall–Kier alpha value is -1.32. The molecule has 1 heterocycles. The standard InChI is InChI=1S/C13H16ClN3/c1-13(2,3)12-10(17-15)7-8-5-4-6-9(14)11(8)16-12/h4-7,17H,15H2,1-3H3. The summed E-state index contributed by atoms with van der Waals surface area (Å²) in [6, 6.07) is 7.71. The molecule has 0 atom stereocenters. The number of aromatic nitrogens is 1. The molecule has 0 amide bonds. The van der Waals surface area contributed by atoms with Gasteiger partial charge >= 0.3 is 0 Å². The number of pyridine rings is 1. The van der Waals surface area contributed by atoms with Crippen LogP contribution >= 0.6 is 11.6 Å². The topological polar surface area (TPSA) is 50.9 Å². The summed E-state index contributed by atoms with van der Waals surface area (Å²) in [7, 11) is 0. The number of hydrogen-bond donors (Lipinski definition) is 2. The van der Waals surface area contributed by atoms with E-state index in [0.29, 0.717) is 5.02 Å². The van der Waals surface area contributed by atoms with Crippen LogP contribution in [0.3, 0.4) is 0 Å². The molecule has 0 fully saturated rings. The largest absolute Gasteiger partial charge is 0.322 e. The van der Waals surface area contributed by atoms with Gasteiger partial charge in [-0.3, -0.25) is 5.84 Å². The number of rotatable bonds is 1. The minimum Gasteiger partial charge on any atom is -0.322 e. The summed E-state index contributed by atoms with van der Waals surface area (Å²) in [5.74, 6) is 5.55. The van der Waals surface area contributed by atoms with Gasteiger partial charge in [0.25, 0.3) is 0 Å². The lowest BCUT2D eigenvalue weighted by Gasteiger charge is -2.22. The number of anilines is 1. The first-order chi connectivity index (χ1) is 7.93. The fraction of sp³-hybridized carbons (Fsp3) is 0.308. The summed E-state index contributed by atoms with van der Waals surface area (Å²) >= 11 is 6.16. The number of halogens is 1. The minimum atomic E-state index is -0.0882. The monoisotopic (exact) mass is 249 g/mol. The zero-order chi connectivity index (χ0) is 12.6. The molecule has 0 bridgehead atoms. The SMILES string of the molecule is CC(C)(C)c1nc2c(Cl)cccc2cc1NN. The number of nitrogens with two attached hydrogens (primary N) is 1. The van der Waals surface area contributed by atoms with Crippen LogP contribution in [0.1, 0.15) is 26.5 Å². The van der Waals surface area contributed by atoms with Gasteiger partial charge in [0.15, 0.2) is 0 Å². The molecule has 17 heavy (non-hydrogen) atoms. The molecule has 1 aromatic heterocycles. The first kappa shape index (κ1) is 12.1. The van der Waals surface area contributed by atoms with Gasteiger partial charge in [0, 0.05) is 10.8 Å². The third-order valence-corrected chi connectivity index (χ3v) is 2.97. The van der Waals surface area contributed by atoms with Crippen molar-refractivity contribution in [3.05, 3.63) is 35.0 Å². The van der Waals surface area contributed by atoms with Gasteiger partial charge in [0.05, 0.1) is 21.9 Å². The van der Waals surface area contributed by atoms with Crippen molar-refractivity contribution in [1.29, 1.82) is 0 Å². The van der Waals surface area contributed by atoms with Gasteiger partial charge in [-0.25, -0.2) is 4.98 Å². The highest BCUT2D eigenvalue weighted by atomic mass is 35.5. The summed E-state index contributed by atoms with van der Waals surface area (Å²) < 4.78 is 0. The summed E-state index contributed by atoms with van der Waals surface area (Å²) in [6.07, 6.45) is 0. The average Bonchev–Trinajstić information content (AvgIpc) is 2.26. The fourth-order valence-electron chi connectivity index (χ4n) is 1.84. The molecule has 0 spiro atoms. The molecule has 1 aromatic carbocycles. The molecular formula is C13H16ClN3. The molecule has 0 unspecified atom stereocenters. The molecule has 0 aliphatic heterocycles. The second-order valence-electron chi connectivity index (χ2n) is 5.09. The highest BCUT2D eigenvalue weighted by Gasteiger charge is 2.20. The second kappa shape index (κ2) is 4.17. The van der Waals surface area contributed by atoms with Crippen LogP contribution in [0.2, 0.25) is 5.02 Å². The van der Waals surface area contributed by atoms with Crippen molar-refractivity contribution in [2.75, 3.05) is 5.43 Å². The van der Waals surface area contributed by atoms with Crippen molar-refractivity contribution in [2.45, 2.75) is 26.2 Å². The fourth-order valence-corrected chi connectivity index (χ4v) is 2.07. The van der Waals surface area contributed by atoms with Gasteiger partial charge in [-0.05, 0) is 12.1 Å². The van der Waals surface area contributed by atoms with Crippen LogP contribution in [0.4, 0.5) is 5.69 Å². The molecule has 2 rings (SSSR count). The lowest BCUT2D eigenvalue weighted by atomic mass is 9.90. The molecule has 0 aliphatic carbocycles. The number of nitrogen functional groups attached to an aromatic ring is 1. The predicted molar refractivity (Wildman–Crippen MR) is 73.3 cm³/mol. The van der Waals surface area contributed by atoms with E-state index in [-0.39, 0.29) is 5.41 Å². The molecular weight excluding hydrogens is 234 g/mol. The number of para-hydroxylation sites is 1. The molecule has 0 radical (unpaired) electrons. The summed E-state index contributed by atoms with van der Waals surface area (Å²) in [4.78, 5) is 4.64. The molecule has 0 saturated heterocycles. The van der Waals surface area contributed by atoms with Gasteiger partial charge in [-0.2, -0.15) is 0 Å². The van der Waals surface area contributed by atoms with E-state index in [1.165, 1.54) is 0 Å². The van der Waals surface area contributed by atoms with E-state index in [4.69, 9.17) is 17.4 Å². The van der Waals surface area contributed by atoms with E-state index in [1.54, 1.807) is 0 Å². The maximum atomic E-state index is 6.16. The van der Waals surface area contributed by atoms with Crippen LogP contribution in [0.25, 0.3) is 10.9 Å². The average molecular weight is 250 g/mol. The van der Waals surface area contributed by atoms with Crippen molar-refractivity contribution in [3.63, 3.8) is 0 Å². The molecule has 0 aliphatic rings. The maximum Gasteiger partial charge on any atom is 0.0893 e. The quantitative estimate of drug-likeness (QED) is 0.601. The predicted octanol–water partition coefficient (Wildman–Crippen LogP) is 3.47. The van der Waals surface area contributed by atoms with E-state index >= 15 is 0 Å². The Labute approximate surface area is 106 Å². The Bertz CT molecular complexity index is 558. The zero-order valence-corrected chi connectivity index (χ0v) is 11.0. The Morgan fingerprint density at radius 1 is 1.29 bits per heavy atom. The molecule has 3 N–H and O–H groups in total. The Morgan fingerprint density at radius 3 is 2.59 bits per heavy atom. The van der Waals surface area contributed by atoms with Gasteiger partial charge in [-0.1, -0.05) is 44.5 Å². The molecule has 3 nitrogen and oxygen atoms in total. The van der Waals surface area contributed by atoms with E-state index in [1.807, 2.05) is 24.3 Å². The van der Waals surface area contributed by atoms with E-state index < -0.39 is 0 Å². The maximum absolute atomic E-state index is 6.16. The minimum absolute atomic E-state index is 0.0882. The molecule has 90 valence electrons. The smallest absolute Gasteiger partial charge is 0.0893 e. The summed E-state index contributed by atoms with van der Waals surface area (Å²) in [6.45, 7) is 6.29. The second-order valence-corrected chi connectivity index (χ2v) is 5.50. The van der Waals surface area contributed by atoms with E-state index in [2.05, 4.69) is 31.2 Å². The lowest BCUT2D eigenvalue weighted by Crippen LogP contribution is -2.19. The highest BCUT2D eigenvalue weighted by Crippen LogP contribution is 2.32. The number of nitrogens with one attached hydrogen (secondary N) is 1. The van der Waals surface area contributed by atoms with Gasteiger partial charge in [-0.15, -0.1) is 0 Å². The normalized spacial score (nSPS) is 11.8. The Balaban J connectivity index is 2.79. The van der Waals surface area contributed by atoms with Crippen molar-refractivity contribution >= 4 is 28.2 Å². The number of fused-ring (bicyclic) bond motifs is 1. The zero-order valence-electron chi connectivity index (χ0n) is 10.2. The number of hydrogen-bond acceptors (Lipinski definition) is 3. The van der Waals surface area contributed by atoms with E-state index in [9.17, 15) is 0 Å². The third-order valence-electron chi connectivity index (χ3n) is 2.66. The Kier molecular flexibility index (Phi) is 2.98. The summed E-state index contributed by atoms with van der Waals surface area (Å²) in [5.41, 5.74) is 5.19. The molecule has 2 aromatic rings. The van der Waals surface area contributed by atoms with E-state index in [0.717, 1.165) is 22.3 Å². The van der Waals surface area contributed by atoms with Crippen LogP contribution in [0.15, 0.2) is 24.3 Å². The lowest BCUT2D eigenvalue weighted by molar-refractivity contribution is 0.573. The number of benzene rings is 1. The van der Waals surface area contributed by atoms with Crippen LogP contribution in [0.5, 0.6) is 0 Å². The van der Waals surface area contributed by atoms with Gasteiger partial charge in [0.1, 0.15) is 0 Å². The molecule has 4 heteroatoms. The van der Waals surface area contributed by atoms with Crippen LogP contribution < -0.4 is 11.3 Å². The van der Waals surface area contributed by atoms with Crippen molar-refractivity contribution in [1.82, 2.24) is 4.98 Å². The first-order valence-corrected chi connectivity index (χ1v) is 5.87. The van der Waals surface area contributed by atoms with Crippen molar-refractivity contribution in [2.24, 2.45) is 5.84 Å². The van der Waals surface area contributed by atoms with Crippen LogP contribution in [-0.4, -0.2) is 4.98 Å². The summed E-state index contributed by atoms with van der Waals surface area (Å²) in [5, 5.41) is 1.65. The number of hydrazine groups is 1. The van der Waals surface area contributed by atoms with Gasteiger partial charge < -0.3 is 5.43 Å². The van der Waals surface area contributed by atoms with Crippen LogP contribution in [0, 0.1) is 0 Å².